The van der Waals surface area contributed by atoms with Gasteiger partial charge in [0.05, 0.1) is 0 Å². The standard InChI is InChI=1S/C13H21N5O3S2/c1-7(19)8(9(20)18(5)6)22-12-17-16-11(23-12)14-10(21)15-13(2,3)4/h8H,1-6H3,(H2,14,15,16,21)/t8-/m0/s1. The molecule has 128 valence electrons. The number of urea groups is 1. The van der Waals surface area contributed by atoms with Crippen molar-refractivity contribution in [3.8, 4) is 0 Å². The van der Waals surface area contributed by atoms with Crippen LogP contribution in [-0.4, -0.2) is 57.7 Å². The molecule has 0 fully saturated rings. The van der Waals surface area contributed by atoms with Crippen LogP contribution in [0.5, 0.6) is 0 Å². The van der Waals surface area contributed by atoms with Gasteiger partial charge in [-0.2, -0.15) is 0 Å². The van der Waals surface area contributed by atoms with Gasteiger partial charge in [-0.15, -0.1) is 10.2 Å². The summed E-state index contributed by atoms with van der Waals surface area (Å²) in [4.78, 5) is 36.8. The van der Waals surface area contributed by atoms with E-state index in [0.29, 0.717) is 9.47 Å². The minimum Gasteiger partial charge on any atom is -0.347 e. The highest BCUT2D eigenvalue weighted by atomic mass is 32.2. The Hall–Kier alpha value is -1.68. The van der Waals surface area contributed by atoms with Crippen molar-refractivity contribution in [2.75, 3.05) is 19.4 Å². The van der Waals surface area contributed by atoms with Crippen molar-refractivity contribution in [3.05, 3.63) is 0 Å². The normalized spacial score (nSPS) is 12.4. The first-order valence-electron chi connectivity index (χ1n) is 6.80. The molecule has 0 aromatic carbocycles. The number of hydrogen-bond donors (Lipinski definition) is 2. The second kappa shape index (κ2) is 7.73. The van der Waals surface area contributed by atoms with Gasteiger partial charge in [0.15, 0.2) is 10.1 Å². The Bertz CT molecular complexity index is 595. The van der Waals surface area contributed by atoms with Crippen LogP contribution >= 0.6 is 23.1 Å². The van der Waals surface area contributed by atoms with Crippen LogP contribution in [0, 0.1) is 0 Å². The number of anilines is 1. The Morgan fingerprint density at radius 2 is 1.83 bits per heavy atom. The van der Waals surface area contributed by atoms with Crippen molar-refractivity contribution in [1.29, 1.82) is 0 Å². The first-order valence-corrected chi connectivity index (χ1v) is 8.50. The van der Waals surface area contributed by atoms with Gasteiger partial charge < -0.3 is 10.2 Å². The molecule has 23 heavy (non-hydrogen) atoms. The van der Waals surface area contributed by atoms with Crippen LogP contribution in [0.25, 0.3) is 0 Å². The largest absolute Gasteiger partial charge is 0.347 e. The fourth-order valence-corrected chi connectivity index (χ4v) is 3.38. The second-order valence-corrected chi connectivity index (χ2v) is 8.37. The molecule has 3 amide bonds. The number of ketones is 1. The Labute approximate surface area is 143 Å². The maximum Gasteiger partial charge on any atom is 0.321 e. The molecule has 1 rings (SSSR count). The number of hydrogen-bond acceptors (Lipinski definition) is 7. The minimum absolute atomic E-state index is 0.260. The maximum absolute atomic E-state index is 12.0. The van der Waals surface area contributed by atoms with Crippen molar-refractivity contribution in [3.63, 3.8) is 0 Å². The Morgan fingerprint density at radius 1 is 1.22 bits per heavy atom. The number of nitrogens with one attached hydrogen (secondary N) is 2. The van der Waals surface area contributed by atoms with Crippen LogP contribution < -0.4 is 10.6 Å². The highest BCUT2D eigenvalue weighted by molar-refractivity contribution is 8.03. The number of Topliss-reactive ketones (excluding diaryl/α,β-unsaturated/α-hetero) is 1. The fraction of sp³-hybridized carbons (Fsp3) is 0.615. The molecule has 0 unspecified atom stereocenters. The number of thioether (sulfide) groups is 1. The Morgan fingerprint density at radius 3 is 2.30 bits per heavy atom. The van der Waals surface area contributed by atoms with Crippen LogP contribution in [0.3, 0.4) is 0 Å². The zero-order chi connectivity index (χ0) is 17.8. The molecule has 10 heteroatoms. The van der Waals surface area contributed by atoms with E-state index < -0.39 is 11.3 Å². The van der Waals surface area contributed by atoms with E-state index in [4.69, 9.17) is 0 Å². The third kappa shape index (κ3) is 6.53. The fourth-order valence-electron chi connectivity index (χ4n) is 1.42. The summed E-state index contributed by atoms with van der Waals surface area (Å²) in [5, 5.41) is 12.5. The molecule has 0 spiro atoms. The van der Waals surface area contributed by atoms with Gasteiger partial charge >= 0.3 is 6.03 Å². The molecule has 1 aromatic rings. The first-order chi connectivity index (χ1) is 10.5. The van der Waals surface area contributed by atoms with Gasteiger partial charge in [0.2, 0.25) is 11.0 Å². The van der Waals surface area contributed by atoms with Crippen molar-refractivity contribution in [1.82, 2.24) is 20.4 Å². The van der Waals surface area contributed by atoms with Gasteiger partial charge in [-0.1, -0.05) is 23.1 Å². The second-order valence-electron chi connectivity index (χ2n) is 6.04. The molecule has 0 aliphatic heterocycles. The summed E-state index contributed by atoms with van der Waals surface area (Å²) < 4.78 is 0.437. The molecule has 0 aliphatic rings. The first kappa shape index (κ1) is 19.4. The third-order valence-electron chi connectivity index (χ3n) is 2.37. The average molecular weight is 359 g/mol. The van der Waals surface area contributed by atoms with Crippen LogP contribution in [0.15, 0.2) is 4.34 Å². The molecule has 8 nitrogen and oxygen atoms in total. The zero-order valence-corrected chi connectivity index (χ0v) is 15.6. The molecule has 1 heterocycles. The number of carbonyl (C=O) groups is 3. The van der Waals surface area contributed by atoms with Gasteiger partial charge in [-0.3, -0.25) is 14.9 Å². The van der Waals surface area contributed by atoms with Crippen molar-refractivity contribution in [2.24, 2.45) is 0 Å². The number of aromatic nitrogens is 2. The molecule has 1 aromatic heterocycles. The van der Waals surface area contributed by atoms with E-state index in [2.05, 4.69) is 20.8 Å². The van der Waals surface area contributed by atoms with E-state index in [0.717, 1.165) is 23.1 Å². The highest BCUT2D eigenvalue weighted by Gasteiger charge is 2.28. The van der Waals surface area contributed by atoms with Crippen molar-refractivity contribution in [2.45, 2.75) is 42.8 Å². The monoisotopic (exact) mass is 359 g/mol. The van der Waals surface area contributed by atoms with E-state index in [9.17, 15) is 14.4 Å². The molecule has 0 bridgehead atoms. The van der Waals surface area contributed by atoms with Gasteiger partial charge in [-0.05, 0) is 27.7 Å². The number of nitrogens with zero attached hydrogens (tertiary/aromatic N) is 3. The van der Waals surface area contributed by atoms with E-state index in [1.165, 1.54) is 11.8 Å². The number of carbonyl (C=O) groups excluding carboxylic acids is 3. The predicted molar refractivity (Wildman–Crippen MR) is 90.8 cm³/mol. The lowest BCUT2D eigenvalue weighted by Gasteiger charge is -2.19. The van der Waals surface area contributed by atoms with Gasteiger partial charge in [0, 0.05) is 19.6 Å². The lowest BCUT2D eigenvalue weighted by Crippen LogP contribution is -2.43. The Kier molecular flexibility index (Phi) is 6.51. The summed E-state index contributed by atoms with van der Waals surface area (Å²) in [7, 11) is 3.17. The van der Waals surface area contributed by atoms with Crippen LogP contribution in [0.1, 0.15) is 27.7 Å². The van der Waals surface area contributed by atoms with Crippen LogP contribution in [-0.2, 0) is 9.59 Å². The van der Waals surface area contributed by atoms with Crippen LogP contribution in [0.4, 0.5) is 9.93 Å². The zero-order valence-electron chi connectivity index (χ0n) is 14.0. The molecule has 2 N–H and O–H groups in total. The van der Waals surface area contributed by atoms with Gasteiger partial charge in [0.1, 0.15) is 5.25 Å². The SMILES string of the molecule is CC(=O)[C@H](Sc1nnc(NC(=O)NC(C)(C)C)s1)C(=O)N(C)C. The number of amides is 3. The van der Waals surface area contributed by atoms with E-state index in [1.807, 2.05) is 20.8 Å². The predicted octanol–water partition coefficient (Wildman–Crippen LogP) is 1.60. The summed E-state index contributed by atoms with van der Waals surface area (Å²) in [6, 6.07) is -0.391. The molecule has 0 saturated carbocycles. The summed E-state index contributed by atoms with van der Waals surface area (Å²) in [5.74, 6) is -0.568. The van der Waals surface area contributed by atoms with E-state index in [1.54, 1.807) is 14.1 Å². The third-order valence-corrected chi connectivity index (χ3v) is 4.59. The lowest BCUT2D eigenvalue weighted by molar-refractivity contribution is -0.132. The summed E-state index contributed by atoms with van der Waals surface area (Å²) in [6.45, 7) is 6.94. The Balaban J connectivity index is 2.74. The quantitative estimate of drug-likeness (QED) is 0.470. The van der Waals surface area contributed by atoms with Crippen molar-refractivity contribution < 1.29 is 14.4 Å². The highest BCUT2D eigenvalue weighted by Crippen LogP contribution is 2.30. The molecule has 0 saturated heterocycles. The average Bonchev–Trinajstić information content (AvgIpc) is 2.79. The smallest absolute Gasteiger partial charge is 0.321 e. The topological polar surface area (TPSA) is 104 Å². The van der Waals surface area contributed by atoms with Crippen molar-refractivity contribution >= 4 is 46.0 Å². The molecule has 1 atom stereocenters. The number of rotatable bonds is 5. The van der Waals surface area contributed by atoms with Crippen LogP contribution in [0.2, 0.25) is 0 Å². The lowest BCUT2D eigenvalue weighted by atomic mass is 10.1. The van der Waals surface area contributed by atoms with E-state index in [-0.39, 0.29) is 17.2 Å². The summed E-state index contributed by atoms with van der Waals surface area (Å²) in [5.41, 5.74) is -0.371. The maximum atomic E-state index is 12.0. The summed E-state index contributed by atoms with van der Waals surface area (Å²) in [6.07, 6.45) is 0. The molecular formula is C13H21N5O3S2. The van der Waals surface area contributed by atoms with E-state index >= 15 is 0 Å². The molecular weight excluding hydrogens is 338 g/mol. The molecule has 0 radical (unpaired) electrons. The summed E-state index contributed by atoms with van der Waals surface area (Å²) >= 11 is 2.13. The van der Waals surface area contributed by atoms with Gasteiger partial charge in [0.25, 0.3) is 0 Å². The minimum atomic E-state index is -0.866. The molecule has 0 aliphatic carbocycles. The van der Waals surface area contributed by atoms with Gasteiger partial charge in [-0.25, -0.2) is 4.79 Å².